The Hall–Kier alpha value is -3.59. The monoisotopic (exact) mass is 466 g/mol. The Kier molecular flexibility index (Phi) is 7.02. The van der Waals surface area contributed by atoms with Crippen molar-refractivity contribution < 1.29 is 23.8 Å². The quantitative estimate of drug-likeness (QED) is 0.748. The number of carbonyl (C=O) groups is 2. The van der Waals surface area contributed by atoms with Crippen molar-refractivity contribution in [3.05, 3.63) is 58.7 Å². The number of hydrogen-bond donors (Lipinski definition) is 1. The van der Waals surface area contributed by atoms with Gasteiger partial charge in [-0.25, -0.2) is 9.80 Å². The molecule has 0 radical (unpaired) electrons. The molecule has 2 aliphatic heterocycles. The van der Waals surface area contributed by atoms with Crippen molar-refractivity contribution in [3.63, 3.8) is 0 Å². The summed E-state index contributed by atoms with van der Waals surface area (Å²) in [6.45, 7) is 4.22. The highest BCUT2D eigenvalue weighted by Gasteiger charge is 2.28. The second-order valence-electron chi connectivity index (χ2n) is 8.25. The average Bonchev–Trinajstić information content (AvgIpc) is 3.03. The van der Waals surface area contributed by atoms with E-state index in [1.807, 2.05) is 31.2 Å². The van der Waals surface area contributed by atoms with Crippen LogP contribution >= 0.6 is 0 Å². The minimum atomic E-state index is -0.296. The van der Waals surface area contributed by atoms with Crippen molar-refractivity contribution in [1.82, 2.24) is 15.2 Å². The normalized spacial score (nSPS) is 17.9. The number of hydrazone groups is 1. The van der Waals surface area contributed by atoms with Gasteiger partial charge in [0.2, 0.25) is 0 Å². The highest BCUT2D eigenvalue weighted by Crippen LogP contribution is 2.34. The molecule has 0 bridgehead atoms. The number of amides is 3. The first kappa shape index (κ1) is 23.6. The molecule has 2 aliphatic rings. The van der Waals surface area contributed by atoms with Gasteiger partial charge in [-0.1, -0.05) is 12.1 Å². The first-order chi connectivity index (χ1) is 16.5. The number of morpholine rings is 1. The number of carbonyl (C=O) groups excluding carboxylic acids is 2. The van der Waals surface area contributed by atoms with Crippen LogP contribution in [0.5, 0.6) is 11.5 Å². The zero-order valence-electron chi connectivity index (χ0n) is 20.0. The lowest BCUT2D eigenvalue weighted by Crippen LogP contribution is -2.41. The highest BCUT2D eigenvalue weighted by atomic mass is 16.5. The van der Waals surface area contributed by atoms with Gasteiger partial charge in [0, 0.05) is 36.8 Å². The molecular weight excluding hydrogens is 436 g/mol. The van der Waals surface area contributed by atoms with Crippen molar-refractivity contribution in [2.75, 3.05) is 47.6 Å². The lowest BCUT2D eigenvalue weighted by Gasteiger charge is -2.27. The van der Waals surface area contributed by atoms with Crippen molar-refractivity contribution >= 4 is 17.6 Å². The first-order valence-corrected chi connectivity index (χ1v) is 11.3. The maximum atomic E-state index is 12.9. The molecule has 2 aromatic carbocycles. The van der Waals surface area contributed by atoms with Gasteiger partial charge < -0.3 is 24.4 Å². The van der Waals surface area contributed by atoms with Crippen molar-refractivity contribution in [2.24, 2.45) is 5.10 Å². The molecule has 3 amide bonds. The van der Waals surface area contributed by atoms with E-state index in [0.717, 1.165) is 16.7 Å². The molecule has 9 nitrogen and oxygen atoms in total. The molecule has 1 saturated heterocycles. The minimum absolute atomic E-state index is 0.0231. The fourth-order valence-corrected chi connectivity index (χ4v) is 4.27. The SMILES string of the molecule is CNC(=O)N1N=C(c2ccc(C(=O)N3CCOCC3)cc2)c2cc(OC)c(OC)cc2CC1C. The van der Waals surface area contributed by atoms with Gasteiger partial charge in [-0.2, -0.15) is 5.10 Å². The van der Waals surface area contributed by atoms with E-state index in [9.17, 15) is 9.59 Å². The van der Waals surface area contributed by atoms with Crippen molar-refractivity contribution in [1.29, 1.82) is 0 Å². The third-order valence-corrected chi connectivity index (χ3v) is 6.13. The van der Waals surface area contributed by atoms with Crippen LogP contribution in [0.15, 0.2) is 41.5 Å². The van der Waals surface area contributed by atoms with E-state index in [0.29, 0.717) is 55.5 Å². The second kappa shape index (κ2) is 10.1. The number of benzene rings is 2. The van der Waals surface area contributed by atoms with E-state index in [4.69, 9.17) is 19.3 Å². The summed E-state index contributed by atoms with van der Waals surface area (Å²) in [5, 5.41) is 8.89. The Bertz CT molecular complexity index is 1090. The Morgan fingerprint density at radius 2 is 1.71 bits per heavy atom. The molecule has 34 heavy (non-hydrogen) atoms. The second-order valence-corrected chi connectivity index (χ2v) is 8.25. The molecule has 1 fully saturated rings. The largest absolute Gasteiger partial charge is 0.493 e. The van der Waals surface area contributed by atoms with Crippen LogP contribution in [0.2, 0.25) is 0 Å². The number of fused-ring (bicyclic) bond motifs is 1. The van der Waals surface area contributed by atoms with E-state index in [2.05, 4.69) is 5.32 Å². The lowest BCUT2D eigenvalue weighted by atomic mass is 9.93. The Labute approximate surface area is 199 Å². The van der Waals surface area contributed by atoms with Gasteiger partial charge in [-0.05, 0) is 43.2 Å². The van der Waals surface area contributed by atoms with Gasteiger partial charge in [0.15, 0.2) is 11.5 Å². The molecule has 0 aromatic heterocycles. The molecule has 1 N–H and O–H groups in total. The van der Waals surface area contributed by atoms with Crippen molar-refractivity contribution in [2.45, 2.75) is 19.4 Å². The van der Waals surface area contributed by atoms with Crippen LogP contribution in [-0.4, -0.2) is 81.2 Å². The topological polar surface area (TPSA) is 92.7 Å². The van der Waals surface area contributed by atoms with Gasteiger partial charge in [-0.3, -0.25) is 4.79 Å². The van der Waals surface area contributed by atoms with Gasteiger partial charge >= 0.3 is 6.03 Å². The summed E-state index contributed by atoms with van der Waals surface area (Å²) in [7, 11) is 4.77. The van der Waals surface area contributed by atoms with E-state index in [-0.39, 0.29) is 18.0 Å². The third kappa shape index (κ3) is 4.56. The maximum absolute atomic E-state index is 12.9. The van der Waals surface area contributed by atoms with Crippen molar-refractivity contribution in [3.8, 4) is 11.5 Å². The number of rotatable bonds is 4. The van der Waals surface area contributed by atoms with Gasteiger partial charge in [0.05, 0.1) is 39.2 Å². The van der Waals surface area contributed by atoms with Crippen LogP contribution in [0.4, 0.5) is 4.79 Å². The van der Waals surface area contributed by atoms with Crippen LogP contribution < -0.4 is 14.8 Å². The van der Waals surface area contributed by atoms with Gasteiger partial charge in [0.1, 0.15) is 0 Å². The van der Waals surface area contributed by atoms with Gasteiger partial charge in [-0.15, -0.1) is 0 Å². The molecule has 2 heterocycles. The smallest absolute Gasteiger partial charge is 0.337 e. The van der Waals surface area contributed by atoms with E-state index >= 15 is 0 Å². The standard InChI is InChI=1S/C25H30N4O5/c1-16-13-19-14-21(32-3)22(33-4)15-20(19)23(27-29(16)25(31)26-2)17-5-7-18(8-6-17)24(30)28-9-11-34-12-10-28/h5-8,14-16H,9-13H2,1-4H3,(H,26,31). The summed E-state index contributed by atoms with van der Waals surface area (Å²) in [5.41, 5.74) is 3.85. The van der Waals surface area contributed by atoms with Gasteiger partial charge in [0.25, 0.3) is 5.91 Å². The van der Waals surface area contributed by atoms with E-state index in [1.54, 1.807) is 38.3 Å². The summed E-state index contributed by atoms with van der Waals surface area (Å²) in [6, 6.07) is 10.7. The number of hydrogen-bond acceptors (Lipinski definition) is 6. The minimum Gasteiger partial charge on any atom is -0.493 e. The number of nitrogens with zero attached hydrogens (tertiary/aromatic N) is 3. The summed E-state index contributed by atoms with van der Waals surface area (Å²) in [6.07, 6.45) is 0.587. The van der Waals surface area contributed by atoms with E-state index in [1.165, 1.54) is 5.01 Å². The molecule has 4 rings (SSSR count). The Morgan fingerprint density at radius 3 is 2.32 bits per heavy atom. The molecule has 0 saturated carbocycles. The lowest BCUT2D eigenvalue weighted by molar-refractivity contribution is 0.0303. The van der Waals surface area contributed by atoms with Crippen LogP contribution in [0, 0.1) is 0 Å². The molecule has 1 unspecified atom stereocenters. The number of ether oxygens (including phenoxy) is 3. The Balaban J connectivity index is 1.77. The first-order valence-electron chi connectivity index (χ1n) is 11.3. The van der Waals surface area contributed by atoms with E-state index < -0.39 is 0 Å². The van der Waals surface area contributed by atoms with Crippen LogP contribution in [-0.2, 0) is 11.2 Å². The molecule has 1 atom stereocenters. The molecule has 2 aromatic rings. The molecule has 9 heteroatoms. The fourth-order valence-electron chi connectivity index (χ4n) is 4.27. The molecule has 0 aliphatic carbocycles. The number of nitrogens with one attached hydrogen (secondary N) is 1. The maximum Gasteiger partial charge on any atom is 0.337 e. The number of methoxy groups -OCH3 is 2. The summed E-state index contributed by atoms with van der Waals surface area (Å²) >= 11 is 0. The predicted octanol–water partition coefficient (Wildman–Crippen LogP) is 2.51. The molecular formula is C25H30N4O5. The molecule has 180 valence electrons. The summed E-state index contributed by atoms with van der Waals surface area (Å²) in [4.78, 5) is 27.3. The number of urea groups is 1. The highest BCUT2D eigenvalue weighted by molar-refractivity contribution is 6.15. The zero-order valence-corrected chi connectivity index (χ0v) is 20.0. The Morgan fingerprint density at radius 1 is 1.06 bits per heavy atom. The summed E-state index contributed by atoms with van der Waals surface area (Å²) in [5.74, 6) is 1.17. The van der Waals surface area contributed by atoms with Crippen LogP contribution in [0.3, 0.4) is 0 Å². The van der Waals surface area contributed by atoms with Crippen LogP contribution in [0.1, 0.15) is 34.0 Å². The zero-order chi connectivity index (χ0) is 24.2. The predicted molar refractivity (Wildman–Crippen MR) is 128 cm³/mol. The molecule has 0 spiro atoms. The fraction of sp³-hybridized carbons (Fsp3) is 0.400. The third-order valence-electron chi connectivity index (χ3n) is 6.13. The van der Waals surface area contributed by atoms with Crippen LogP contribution in [0.25, 0.3) is 0 Å². The summed E-state index contributed by atoms with van der Waals surface area (Å²) < 4.78 is 16.4. The average molecular weight is 467 g/mol.